The Hall–Kier alpha value is -2.14. The fourth-order valence-corrected chi connectivity index (χ4v) is 3.40. The number of imidazole rings is 1. The van der Waals surface area contributed by atoms with Crippen LogP contribution >= 0.6 is 0 Å². The number of nitrogens with zero attached hydrogens (tertiary/aromatic N) is 4. The monoisotopic (exact) mass is 324 g/mol. The third-order valence-electron chi connectivity index (χ3n) is 4.81. The van der Waals surface area contributed by atoms with E-state index in [1.807, 2.05) is 18.7 Å². The van der Waals surface area contributed by atoms with Gasteiger partial charge in [-0.25, -0.2) is 4.98 Å². The molecule has 0 aliphatic carbocycles. The van der Waals surface area contributed by atoms with Crippen LogP contribution in [0, 0.1) is 0 Å². The molecule has 0 bridgehead atoms. The van der Waals surface area contributed by atoms with Crippen LogP contribution in [0.5, 0.6) is 5.75 Å². The van der Waals surface area contributed by atoms with E-state index in [1.165, 1.54) is 11.3 Å². The average Bonchev–Trinajstić information content (AvgIpc) is 3.09. The molecule has 0 spiro atoms. The normalized spacial score (nSPS) is 16.7. The zero-order valence-electron chi connectivity index (χ0n) is 14.0. The Bertz CT molecular complexity index is 722. The Morgan fingerprint density at radius 2 is 2.17 bits per heavy atom. The molecule has 0 saturated carbocycles. The Morgan fingerprint density at radius 1 is 1.17 bits per heavy atom. The Morgan fingerprint density at radius 3 is 3.17 bits per heavy atom. The summed E-state index contributed by atoms with van der Waals surface area (Å²) in [4.78, 5) is 11.2. The van der Waals surface area contributed by atoms with Crippen molar-refractivity contribution in [1.82, 2.24) is 14.5 Å². The summed E-state index contributed by atoms with van der Waals surface area (Å²) in [6.07, 6.45) is 10.3. The van der Waals surface area contributed by atoms with E-state index in [-0.39, 0.29) is 0 Å². The molecule has 0 unspecified atom stereocenters. The van der Waals surface area contributed by atoms with Crippen molar-refractivity contribution in [1.29, 1.82) is 0 Å². The maximum Gasteiger partial charge on any atom is 0.121 e. The third kappa shape index (κ3) is 3.51. The van der Waals surface area contributed by atoms with Crippen LogP contribution < -0.4 is 4.74 Å². The predicted molar refractivity (Wildman–Crippen MR) is 95.1 cm³/mol. The van der Waals surface area contributed by atoms with E-state index in [0.29, 0.717) is 0 Å². The summed E-state index contributed by atoms with van der Waals surface area (Å²) >= 11 is 0. The van der Waals surface area contributed by atoms with Gasteiger partial charge in [0, 0.05) is 38.1 Å². The molecule has 24 heavy (non-hydrogen) atoms. The third-order valence-corrected chi connectivity index (χ3v) is 4.81. The van der Waals surface area contributed by atoms with Gasteiger partial charge >= 0.3 is 0 Å². The number of hydrogen-bond acceptors (Lipinski definition) is 4. The van der Waals surface area contributed by atoms with Gasteiger partial charge in [0.05, 0.1) is 24.3 Å². The predicted octanol–water partition coefficient (Wildman–Crippen LogP) is 3.21. The van der Waals surface area contributed by atoms with Gasteiger partial charge in [0.1, 0.15) is 5.75 Å². The van der Waals surface area contributed by atoms with Crippen molar-refractivity contribution in [3.05, 3.63) is 42.0 Å². The lowest BCUT2D eigenvalue weighted by Gasteiger charge is -2.27. The standard InChI is InChI=1S/C19H24N4O/c1(8-22-9-10-23-15-20-13-17(23)14-22)2-11-24-18-6-5-16-4-3-7-21-19(16)12-18/h5-7,12-13,15H,1-4,8-11,14H2. The quantitative estimate of drug-likeness (QED) is 0.766. The van der Waals surface area contributed by atoms with Gasteiger partial charge < -0.3 is 9.30 Å². The maximum absolute atomic E-state index is 5.90. The van der Waals surface area contributed by atoms with Gasteiger partial charge in [-0.05, 0) is 43.9 Å². The van der Waals surface area contributed by atoms with E-state index in [2.05, 4.69) is 37.6 Å². The molecule has 0 saturated heterocycles. The van der Waals surface area contributed by atoms with Gasteiger partial charge in [0.2, 0.25) is 0 Å². The first kappa shape index (κ1) is 15.4. The first-order chi connectivity index (χ1) is 11.9. The molecular formula is C19H24N4O. The molecule has 0 amide bonds. The van der Waals surface area contributed by atoms with Crippen molar-refractivity contribution in [3.8, 4) is 5.75 Å². The summed E-state index contributed by atoms with van der Waals surface area (Å²) in [6.45, 7) is 5.09. The second-order valence-corrected chi connectivity index (χ2v) is 6.55. The fraction of sp³-hybridized carbons (Fsp3) is 0.474. The molecule has 0 N–H and O–H groups in total. The van der Waals surface area contributed by atoms with Crippen LogP contribution in [0.1, 0.15) is 30.5 Å². The number of unbranched alkanes of at least 4 members (excludes halogenated alkanes) is 1. The molecule has 5 heteroatoms. The first-order valence-corrected chi connectivity index (χ1v) is 8.88. The lowest BCUT2D eigenvalue weighted by atomic mass is 10.1. The van der Waals surface area contributed by atoms with Gasteiger partial charge in [-0.1, -0.05) is 6.07 Å². The van der Waals surface area contributed by atoms with Crippen LogP contribution in [-0.2, 0) is 19.5 Å². The lowest BCUT2D eigenvalue weighted by molar-refractivity contribution is 0.209. The zero-order chi connectivity index (χ0) is 16.2. The van der Waals surface area contributed by atoms with Gasteiger partial charge in [-0.15, -0.1) is 0 Å². The number of fused-ring (bicyclic) bond motifs is 2. The summed E-state index contributed by atoms with van der Waals surface area (Å²) in [5.74, 6) is 0.940. The second-order valence-electron chi connectivity index (χ2n) is 6.55. The first-order valence-electron chi connectivity index (χ1n) is 8.88. The number of hydrogen-bond donors (Lipinski definition) is 0. The molecule has 126 valence electrons. The maximum atomic E-state index is 5.90. The minimum Gasteiger partial charge on any atom is -0.494 e. The molecule has 0 atom stereocenters. The summed E-state index contributed by atoms with van der Waals surface area (Å²) in [5.41, 5.74) is 3.73. The van der Waals surface area contributed by atoms with Crippen molar-refractivity contribution >= 4 is 11.9 Å². The van der Waals surface area contributed by atoms with E-state index in [4.69, 9.17) is 4.74 Å². The van der Waals surface area contributed by atoms with Crippen LogP contribution in [0.4, 0.5) is 5.69 Å². The van der Waals surface area contributed by atoms with Gasteiger partial charge in [0.15, 0.2) is 0 Å². The van der Waals surface area contributed by atoms with E-state index >= 15 is 0 Å². The van der Waals surface area contributed by atoms with Crippen molar-refractivity contribution in [2.24, 2.45) is 4.99 Å². The van der Waals surface area contributed by atoms with Crippen LogP contribution in [-0.4, -0.2) is 40.4 Å². The van der Waals surface area contributed by atoms with E-state index in [1.54, 1.807) is 0 Å². The largest absolute Gasteiger partial charge is 0.494 e. The molecule has 2 aliphatic rings. The number of rotatable bonds is 6. The number of aliphatic imine (C=N–C) groups is 1. The Balaban J connectivity index is 1.18. The molecule has 1 aromatic heterocycles. The van der Waals surface area contributed by atoms with Crippen molar-refractivity contribution in [2.45, 2.75) is 38.8 Å². The number of ether oxygens (including phenoxy) is 1. The van der Waals surface area contributed by atoms with Crippen LogP contribution in [0.25, 0.3) is 0 Å². The highest BCUT2D eigenvalue weighted by Crippen LogP contribution is 2.28. The SMILES string of the molecule is C1=Nc2cc(OCCCCN3CCn4cncc4C3)ccc2CC1. The molecule has 4 rings (SSSR count). The minimum absolute atomic E-state index is 0.772. The summed E-state index contributed by atoms with van der Waals surface area (Å²) in [5, 5.41) is 0. The average molecular weight is 324 g/mol. The topological polar surface area (TPSA) is 42.6 Å². The lowest BCUT2D eigenvalue weighted by Crippen LogP contribution is -2.33. The van der Waals surface area contributed by atoms with E-state index in [9.17, 15) is 0 Å². The van der Waals surface area contributed by atoms with E-state index < -0.39 is 0 Å². The van der Waals surface area contributed by atoms with Gasteiger partial charge in [-0.2, -0.15) is 0 Å². The van der Waals surface area contributed by atoms with Crippen molar-refractivity contribution in [3.63, 3.8) is 0 Å². The molecule has 2 aromatic rings. The molecular weight excluding hydrogens is 300 g/mol. The highest BCUT2D eigenvalue weighted by molar-refractivity contribution is 5.69. The van der Waals surface area contributed by atoms with Gasteiger partial charge in [-0.3, -0.25) is 9.89 Å². The summed E-state index contributed by atoms with van der Waals surface area (Å²) in [7, 11) is 0. The van der Waals surface area contributed by atoms with Crippen molar-refractivity contribution in [2.75, 3.05) is 19.7 Å². The molecule has 3 heterocycles. The van der Waals surface area contributed by atoms with Crippen molar-refractivity contribution < 1.29 is 4.74 Å². The van der Waals surface area contributed by atoms with Crippen LogP contribution in [0.2, 0.25) is 0 Å². The Labute approximate surface area is 143 Å². The molecule has 0 fully saturated rings. The highest BCUT2D eigenvalue weighted by atomic mass is 16.5. The van der Waals surface area contributed by atoms with Crippen LogP contribution in [0.15, 0.2) is 35.7 Å². The number of aromatic nitrogens is 2. The van der Waals surface area contributed by atoms with Crippen LogP contribution in [0.3, 0.4) is 0 Å². The number of benzene rings is 1. The Kier molecular flexibility index (Phi) is 4.60. The zero-order valence-corrected chi connectivity index (χ0v) is 14.0. The molecule has 1 aromatic carbocycles. The molecule has 0 radical (unpaired) electrons. The fourth-order valence-electron chi connectivity index (χ4n) is 3.40. The van der Waals surface area contributed by atoms with E-state index in [0.717, 1.165) is 69.9 Å². The highest BCUT2D eigenvalue weighted by Gasteiger charge is 2.15. The summed E-state index contributed by atoms with van der Waals surface area (Å²) in [6, 6.07) is 6.29. The smallest absolute Gasteiger partial charge is 0.121 e. The van der Waals surface area contributed by atoms with Gasteiger partial charge in [0.25, 0.3) is 0 Å². The second kappa shape index (κ2) is 7.18. The molecule has 5 nitrogen and oxygen atoms in total. The molecule has 2 aliphatic heterocycles. The minimum atomic E-state index is 0.772. The number of aryl methyl sites for hydroxylation is 1. The summed E-state index contributed by atoms with van der Waals surface area (Å²) < 4.78 is 8.15.